The Morgan fingerprint density at radius 3 is 0.952 bits per heavy atom. The van der Waals surface area contributed by atoms with Gasteiger partial charge >= 0.3 is 0 Å². The van der Waals surface area contributed by atoms with Gasteiger partial charge in [0.25, 0.3) is 0 Å². The highest BCUT2D eigenvalue weighted by Gasteiger charge is 2.48. The molecule has 0 saturated heterocycles. The van der Waals surface area contributed by atoms with Crippen LogP contribution < -0.4 is 0 Å². The van der Waals surface area contributed by atoms with Gasteiger partial charge in [0.15, 0.2) is 23.6 Å². The Morgan fingerprint density at radius 2 is 0.645 bits per heavy atom. The lowest BCUT2D eigenvalue weighted by Gasteiger charge is -2.42. The largest absolute Gasteiger partial charge is 0.479 e. The van der Waals surface area contributed by atoms with E-state index in [0.717, 1.165) is 153 Å². The van der Waals surface area contributed by atoms with Crippen LogP contribution in [0.5, 0.6) is 0 Å². The summed E-state index contributed by atoms with van der Waals surface area (Å²) in [5, 5.41) is 0. The van der Waals surface area contributed by atoms with Crippen LogP contribution in [0, 0.1) is 0 Å². The van der Waals surface area contributed by atoms with E-state index in [1.165, 1.54) is 113 Å². The van der Waals surface area contributed by atoms with Crippen LogP contribution in [0.2, 0.25) is 0 Å². The van der Waals surface area contributed by atoms with Crippen molar-refractivity contribution in [2.75, 3.05) is 40.5 Å². The molecule has 24 rings (SSSR count). The molecule has 0 radical (unpaired) electrons. The van der Waals surface area contributed by atoms with Gasteiger partial charge in [-0.25, -0.2) is 79.8 Å². The molecular formula is C101H101N19O4. The Morgan fingerprint density at radius 1 is 0.331 bits per heavy atom. The number of fused-ring (bicyclic) bond motifs is 6. The number of hydrogen-bond donors (Lipinski definition) is 0. The third-order valence-electron chi connectivity index (χ3n) is 26.9. The molecule has 6 spiro atoms. The van der Waals surface area contributed by atoms with E-state index in [2.05, 4.69) is 212 Å². The van der Waals surface area contributed by atoms with E-state index in [1.54, 1.807) is 38.0 Å². The van der Waals surface area contributed by atoms with Crippen LogP contribution in [0.15, 0.2) is 259 Å². The fourth-order valence-electron chi connectivity index (χ4n) is 21.1. The fourth-order valence-corrected chi connectivity index (χ4v) is 21.1. The normalized spacial score (nSPS) is 24.1. The van der Waals surface area contributed by atoms with E-state index in [9.17, 15) is 0 Å². The third-order valence-corrected chi connectivity index (χ3v) is 26.9. The molecule has 0 saturated carbocycles. The number of aliphatic imine (C=N–C) groups is 5. The van der Waals surface area contributed by atoms with E-state index in [-0.39, 0.29) is 33.8 Å². The van der Waals surface area contributed by atoms with Crippen LogP contribution in [0.4, 0.5) is 0 Å². The smallest absolute Gasteiger partial charge is 0.181 e. The minimum absolute atomic E-state index is 0.0805. The SMILES string of the molecule is CC1=NC2(CCc3c(cccc3-c3cncnc3)C2)C(C)O1.CC1=NC2(CO1)Cc1cccc(-c3cncnc3)c1C2.CC1=N[C@@]2(CO1)Cc1cccc(-c3cncnc3)c1C2.CC1=N[C@]2(CO1)Cc1cccc(-c3cncnc3)c1C2.CN1C=CCC12CCc1c(cccc1-c1cncnc1)C2.CN1C=NC2(CCc3c(cccc3-c3cncnc3)C2)C1. The van der Waals surface area contributed by atoms with Crippen LogP contribution in [-0.4, -0.2) is 179 Å². The lowest BCUT2D eigenvalue weighted by Crippen LogP contribution is -2.45. The van der Waals surface area contributed by atoms with Crippen LogP contribution in [-0.2, 0) is 96.0 Å². The van der Waals surface area contributed by atoms with Gasteiger partial charge in [-0.05, 0) is 171 Å². The Balaban J connectivity index is 0.0000000976. The summed E-state index contributed by atoms with van der Waals surface area (Å²) in [6.07, 6.45) is 55.3. The maximum Gasteiger partial charge on any atom is 0.181 e. The van der Waals surface area contributed by atoms with E-state index >= 15 is 0 Å². The zero-order chi connectivity index (χ0) is 84.5. The molecule has 0 bridgehead atoms. The van der Waals surface area contributed by atoms with Gasteiger partial charge < -0.3 is 28.7 Å². The highest BCUT2D eigenvalue weighted by Crippen LogP contribution is 2.48. The molecule has 23 nitrogen and oxygen atoms in total. The van der Waals surface area contributed by atoms with Gasteiger partial charge in [-0.2, -0.15) is 0 Å². The van der Waals surface area contributed by atoms with Crippen molar-refractivity contribution in [2.24, 2.45) is 25.0 Å². The fraction of sp³-hybridized carbons (Fsp3) is 0.337. The summed E-state index contributed by atoms with van der Waals surface area (Å²) in [6.45, 7) is 13.0. The first-order chi connectivity index (χ1) is 60.5. The summed E-state index contributed by atoms with van der Waals surface area (Å²) in [7, 11) is 4.31. The molecular weight excluding hydrogens is 1540 g/mol. The molecule has 23 heteroatoms. The Labute approximate surface area is 723 Å². The predicted octanol–water partition coefficient (Wildman–Crippen LogP) is 16.1. The summed E-state index contributed by atoms with van der Waals surface area (Å²) < 4.78 is 22.6. The van der Waals surface area contributed by atoms with Gasteiger partial charge in [0.1, 0.15) is 86.0 Å². The second kappa shape index (κ2) is 33.8. The third kappa shape index (κ3) is 16.3. The van der Waals surface area contributed by atoms with E-state index in [4.69, 9.17) is 43.9 Å². The average molecular weight is 1650 g/mol. The molecule has 0 N–H and O–H groups in total. The standard InChI is InChI=1S/C18H19N3O.C18H19N3.C17H18N4.3C16H15N3O/c1-12-18(21-13(2)22-12)7-6-17-14(8-18)4-3-5-16(17)15-9-19-11-20-10-15;1-21-9-3-7-18(21)8-6-17-14(10-18)4-2-5-16(17)15-11-19-13-20-12-15;1-21-10-17(20-12-21)6-5-16-13(7-17)3-2-4-15(16)14-8-18-11-19-9-14;3*1-11-19-16(9-20-11)5-12-3-2-4-14(15(12)6-16)13-7-17-10-18-8-13/h3-5,9-12H,6-8H2,1-2H3;2-5,9,11-13H,6-8,10H2,1H3;2-4,8-9,11-12H,5-7,10H2,1H3;3*2-4,7-8,10H,5-6,9H2,1H3/t;;;2*16-;/m...10./s1. The van der Waals surface area contributed by atoms with Gasteiger partial charge in [0, 0.05) is 207 Å². The van der Waals surface area contributed by atoms with Crippen molar-refractivity contribution < 1.29 is 18.9 Å². The van der Waals surface area contributed by atoms with Crippen molar-refractivity contribution in [3.63, 3.8) is 0 Å². The second-order valence-corrected chi connectivity index (χ2v) is 35.2. The zero-order valence-electron chi connectivity index (χ0n) is 71.4. The maximum absolute atomic E-state index is 5.81. The molecule has 6 aromatic heterocycles. The van der Waals surface area contributed by atoms with Crippen LogP contribution in [0.3, 0.4) is 0 Å². The van der Waals surface area contributed by atoms with E-state index in [1.807, 2.05) is 108 Å². The number of nitrogens with zero attached hydrogens (tertiary/aromatic N) is 19. The van der Waals surface area contributed by atoms with Crippen molar-refractivity contribution in [2.45, 2.75) is 177 Å². The first kappa shape index (κ1) is 80.4. The Kier molecular flexibility index (Phi) is 21.9. The number of rotatable bonds is 6. The molecule has 7 atom stereocenters. The van der Waals surface area contributed by atoms with Crippen molar-refractivity contribution in [1.82, 2.24) is 69.6 Å². The lowest BCUT2D eigenvalue weighted by molar-refractivity contribution is 0.141. The van der Waals surface area contributed by atoms with E-state index < -0.39 is 0 Å². The minimum Gasteiger partial charge on any atom is -0.479 e. The lowest BCUT2D eigenvalue weighted by atomic mass is 9.74. The molecule has 12 aliphatic rings. The molecule has 0 amide bonds. The van der Waals surface area contributed by atoms with E-state index in [0.29, 0.717) is 25.4 Å². The summed E-state index contributed by atoms with van der Waals surface area (Å²) in [6, 6.07) is 39.1. The number of ether oxygens (including phenoxy) is 4. The molecule has 12 aromatic rings. The first-order valence-corrected chi connectivity index (χ1v) is 43.1. The molecule has 0 fully saturated rings. The summed E-state index contributed by atoms with van der Waals surface area (Å²) in [5.74, 6) is 3.25. The van der Waals surface area contributed by atoms with Gasteiger partial charge in [0.05, 0.1) is 11.9 Å². The number of benzene rings is 6. The Bertz CT molecular complexity index is 5850. The highest BCUT2D eigenvalue weighted by atomic mass is 16.5. The molecule has 12 heterocycles. The minimum atomic E-state index is -0.0852. The summed E-state index contributed by atoms with van der Waals surface area (Å²) in [5.41, 5.74) is 30.9. The van der Waals surface area contributed by atoms with Crippen LogP contribution >= 0.6 is 0 Å². The zero-order valence-corrected chi connectivity index (χ0v) is 71.4. The van der Waals surface area contributed by atoms with Gasteiger partial charge in [0.2, 0.25) is 0 Å². The van der Waals surface area contributed by atoms with Crippen LogP contribution in [0.25, 0.3) is 66.8 Å². The molecule has 624 valence electrons. The molecule has 6 aliphatic carbocycles. The van der Waals surface area contributed by atoms with Gasteiger partial charge in [-0.1, -0.05) is 115 Å². The maximum atomic E-state index is 5.81. The number of aromatic nitrogens is 12. The van der Waals surface area contributed by atoms with Crippen molar-refractivity contribution >= 4 is 29.9 Å². The summed E-state index contributed by atoms with van der Waals surface area (Å²) >= 11 is 0. The monoisotopic (exact) mass is 1640 g/mol. The second-order valence-electron chi connectivity index (χ2n) is 35.2. The topological polar surface area (TPSA) is 260 Å². The van der Waals surface area contributed by atoms with Crippen LogP contribution in [0.1, 0.15) is 127 Å². The van der Waals surface area contributed by atoms with Crippen molar-refractivity contribution in [3.05, 3.63) is 301 Å². The quantitative estimate of drug-likeness (QED) is 0.150. The first-order valence-electron chi connectivity index (χ1n) is 43.1. The molecule has 124 heavy (non-hydrogen) atoms. The predicted molar refractivity (Wildman–Crippen MR) is 483 cm³/mol. The average Bonchev–Trinajstić information content (AvgIpc) is 1.32. The molecule has 6 aromatic carbocycles. The number of hydrogen-bond acceptors (Lipinski definition) is 23. The summed E-state index contributed by atoms with van der Waals surface area (Å²) in [4.78, 5) is 78.1. The van der Waals surface area contributed by atoms with Gasteiger partial charge in [-0.3, -0.25) is 4.99 Å². The van der Waals surface area contributed by atoms with Gasteiger partial charge in [-0.15, -0.1) is 0 Å². The molecule has 5 unspecified atom stereocenters. The van der Waals surface area contributed by atoms with Crippen molar-refractivity contribution in [3.8, 4) is 66.8 Å². The highest BCUT2D eigenvalue weighted by molar-refractivity contribution is 5.81. The Hall–Kier alpha value is -13.3. The molecule has 6 aliphatic heterocycles. The van der Waals surface area contributed by atoms with Crippen molar-refractivity contribution in [1.29, 1.82) is 0 Å². The number of likely N-dealkylation sites (N-methyl/N-ethyl adjacent to an activating group) is 2.